The van der Waals surface area contributed by atoms with E-state index in [9.17, 15) is 0 Å². The largest absolute Gasteiger partial charge is 0.460 e. The molecule has 0 spiro atoms. The first-order valence-corrected chi connectivity index (χ1v) is 24.2. The van der Waals surface area contributed by atoms with Crippen LogP contribution in [0.2, 0.25) is 0 Å². The summed E-state index contributed by atoms with van der Waals surface area (Å²) in [6, 6.07) is 51.4. The molecule has 0 saturated heterocycles. The van der Waals surface area contributed by atoms with Gasteiger partial charge in [0.2, 0.25) is 0 Å². The maximum absolute atomic E-state index is 7.21. The van der Waals surface area contributed by atoms with Crippen molar-refractivity contribution in [1.82, 2.24) is 0 Å². The lowest BCUT2D eigenvalue weighted by molar-refractivity contribution is 0.332. The summed E-state index contributed by atoms with van der Waals surface area (Å²) < 4.78 is 7.21. The van der Waals surface area contributed by atoms with Gasteiger partial charge in [-0.15, -0.1) is 0 Å². The standard InChI is InChI=1S/C63H75NO/c1-58(2,3)46-21-17-41(18-22-46)43-35-45(37-52(36-43)64(50-29-25-48(26-30-50)60(7,8)9)51-31-27-49(28-32-51)61(10,11)12)57(42-19-23-47(24-20-42)59(4,5)6)56-39-44-38-53-54(40-55(44)65-56)63(15,16)34-33-62(53,13)14/h17-32,35-40,57H,33-34H2,1-16H3. The quantitative estimate of drug-likeness (QED) is 0.159. The molecule has 2 heteroatoms. The second-order valence-electron chi connectivity index (χ2n) is 24.7. The Bertz CT molecular complexity index is 2690. The number of hydrogen-bond acceptors (Lipinski definition) is 2. The van der Waals surface area contributed by atoms with Crippen molar-refractivity contribution in [3.05, 3.63) is 184 Å². The number of hydrogen-bond donors (Lipinski definition) is 0. The summed E-state index contributed by atoms with van der Waals surface area (Å²) >= 11 is 0. The van der Waals surface area contributed by atoms with Crippen LogP contribution in [0.25, 0.3) is 22.1 Å². The van der Waals surface area contributed by atoms with E-state index < -0.39 is 0 Å². The Hall–Kier alpha value is -5.34. The molecule has 338 valence electrons. The zero-order chi connectivity index (χ0) is 47.1. The molecule has 1 aromatic heterocycles. The lowest BCUT2D eigenvalue weighted by Crippen LogP contribution is -2.33. The third-order valence-electron chi connectivity index (χ3n) is 14.5. The summed E-state index contributed by atoms with van der Waals surface area (Å²) in [7, 11) is 0. The van der Waals surface area contributed by atoms with E-state index in [2.05, 4.69) is 249 Å². The van der Waals surface area contributed by atoms with Crippen molar-refractivity contribution in [2.45, 2.75) is 162 Å². The molecule has 6 aromatic carbocycles. The molecular formula is C63H75NO. The summed E-state index contributed by atoms with van der Waals surface area (Å²) in [5.41, 5.74) is 17.6. The first-order chi connectivity index (χ1) is 30.2. The van der Waals surface area contributed by atoms with Crippen molar-refractivity contribution in [1.29, 1.82) is 0 Å². The van der Waals surface area contributed by atoms with Crippen LogP contribution in [-0.4, -0.2) is 0 Å². The number of benzene rings is 6. The van der Waals surface area contributed by atoms with Gasteiger partial charge in [0.15, 0.2) is 0 Å². The van der Waals surface area contributed by atoms with Gasteiger partial charge in [-0.2, -0.15) is 0 Å². The predicted molar refractivity (Wildman–Crippen MR) is 280 cm³/mol. The van der Waals surface area contributed by atoms with Crippen LogP contribution < -0.4 is 4.90 Å². The van der Waals surface area contributed by atoms with Gasteiger partial charge in [-0.05, 0) is 162 Å². The van der Waals surface area contributed by atoms with E-state index in [1.165, 1.54) is 67.4 Å². The lowest BCUT2D eigenvalue weighted by atomic mass is 9.63. The number of nitrogens with zero attached hydrogens (tertiary/aromatic N) is 1. The van der Waals surface area contributed by atoms with Crippen molar-refractivity contribution in [2.75, 3.05) is 4.90 Å². The molecule has 0 aliphatic heterocycles. The summed E-state index contributed by atoms with van der Waals surface area (Å²) in [6.07, 6.45) is 2.34. The van der Waals surface area contributed by atoms with Crippen molar-refractivity contribution in [2.24, 2.45) is 0 Å². The van der Waals surface area contributed by atoms with Crippen LogP contribution in [0.15, 0.2) is 138 Å². The fourth-order valence-corrected chi connectivity index (χ4v) is 9.89. The first-order valence-electron chi connectivity index (χ1n) is 24.2. The number of fused-ring (bicyclic) bond motifs is 2. The van der Waals surface area contributed by atoms with Gasteiger partial charge in [0.05, 0.1) is 5.92 Å². The minimum absolute atomic E-state index is 0.0317. The average Bonchev–Trinajstić information content (AvgIpc) is 3.64. The predicted octanol–water partition coefficient (Wildman–Crippen LogP) is 18.3. The smallest absolute Gasteiger partial charge is 0.134 e. The highest BCUT2D eigenvalue weighted by molar-refractivity contribution is 5.83. The van der Waals surface area contributed by atoms with E-state index in [4.69, 9.17) is 4.42 Å². The summed E-state index contributed by atoms with van der Waals surface area (Å²) in [5, 5.41) is 1.18. The Morgan fingerprint density at radius 2 is 0.831 bits per heavy atom. The normalized spacial score (nSPS) is 15.8. The number of anilines is 3. The number of furan rings is 1. The first kappa shape index (κ1) is 46.2. The molecular weight excluding hydrogens is 787 g/mol. The van der Waals surface area contributed by atoms with E-state index in [1.807, 2.05) is 0 Å². The minimum atomic E-state index is -0.171. The van der Waals surface area contributed by atoms with Gasteiger partial charge in [0, 0.05) is 22.4 Å². The molecule has 65 heavy (non-hydrogen) atoms. The zero-order valence-corrected chi connectivity index (χ0v) is 42.5. The van der Waals surface area contributed by atoms with Gasteiger partial charge >= 0.3 is 0 Å². The Labute approximate surface area is 392 Å². The van der Waals surface area contributed by atoms with Crippen LogP contribution in [0.1, 0.15) is 180 Å². The van der Waals surface area contributed by atoms with Gasteiger partial charge in [-0.3, -0.25) is 0 Å². The van der Waals surface area contributed by atoms with E-state index in [0.29, 0.717) is 0 Å². The summed E-state index contributed by atoms with van der Waals surface area (Å²) in [5.74, 6) is 0.790. The third-order valence-corrected chi connectivity index (χ3v) is 14.5. The van der Waals surface area contributed by atoms with Crippen LogP contribution in [0.4, 0.5) is 17.1 Å². The molecule has 1 aliphatic carbocycles. The Kier molecular flexibility index (Phi) is 11.5. The van der Waals surface area contributed by atoms with Crippen LogP contribution in [0.3, 0.4) is 0 Å². The molecule has 0 fully saturated rings. The molecule has 1 heterocycles. The molecule has 0 N–H and O–H groups in total. The van der Waals surface area contributed by atoms with Crippen molar-refractivity contribution < 1.29 is 4.42 Å². The summed E-state index contributed by atoms with van der Waals surface area (Å²) in [6.45, 7) is 37.1. The second kappa shape index (κ2) is 16.2. The van der Waals surface area contributed by atoms with Crippen molar-refractivity contribution in [3.63, 3.8) is 0 Å². The Morgan fingerprint density at radius 1 is 0.415 bits per heavy atom. The average molecular weight is 862 g/mol. The SMILES string of the molecule is CC(C)(C)c1ccc(-c2cc(C(c3ccc(C(C)(C)C)cc3)c3cc4cc5c(cc4o3)C(C)(C)CCC5(C)C)cc(N(c3ccc(C(C)(C)C)cc3)c3ccc(C(C)(C)C)cc3)c2)cc1. The topological polar surface area (TPSA) is 16.4 Å². The van der Waals surface area contributed by atoms with Crippen molar-refractivity contribution >= 4 is 28.0 Å². The van der Waals surface area contributed by atoms with Crippen LogP contribution in [0, 0.1) is 0 Å². The number of rotatable bonds is 7. The monoisotopic (exact) mass is 862 g/mol. The van der Waals surface area contributed by atoms with Crippen LogP contribution in [0.5, 0.6) is 0 Å². The van der Waals surface area contributed by atoms with E-state index in [0.717, 1.165) is 34.8 Å². The third kappa shape index (κ3) is 9.38. The van der Waals surface area contributed by atoms with Crippen LogP contribution >= 0.6 is 0 Å². The maximum atomic E-state index is 7.21. The molecule has 7 aromatic rings. The highest BCUT2D eigenvalue weighted by Crippen LogP contribution is 2.49. The molecule has 1 atom stereocenters. The fraction of sp³-hybridized carbons (Fsp3) is 0.397. The molecule has 0 amide bonds. The van der Waals surface area contributed by atoms with Gasteiger partial charge in [-0.1, -0.05) is 184 Å². The second-order valence-corrected chi connectivity index (χ2v) is 24.7. The highest BCUT2D eigenvalue weighted by Gasteiger charge is 2.38. The van der Waals surface area contributed by atoms with Crippen LogP contribution in [-0.2, 0) is 32.5 Å². The summed E-state index contributed by atoms with van der Waals surface area (Å²) in [4.78, 5) is 2.45. The molecule has 0 bridgehead atoms. The molecule has 2 nitrogen and oxygen atoms in total. The zero-order valence-electron chi connectivity index (χ0n) is 42.5. The minimum Gasteiger partial charge on any atom is -0.460 e. The molecule has 0 radical (unpaired) electrons. The lowest BCUT2D eigenvalue weighted by Gasteiger charge is -2.41. The van der Waals surface area contributed by atoms with Gasteiger partial charge in [-0.25, -0.2) is 0 Å². The highest BCUT2D eigenvalue weighted by atomic mass is 16.3. The molecule has 1 unspecified atom stereocenters. The van der Waals surface area contributed by atoms with E-state index in [1.54, 1.807) is 0 Å². The fourth-order valence-electron chi connectivity index (χ4n) is 9.89. The van der Waals surface area contributed by atoms with E-state index >= 15 is 0 Å². The maximum Gasteiger partial charge on any atom is 0.134 e. The molecule has 8 rings (SSSR count). The van der Waals surface area contributed by atoms with Gasteiger partial charge in [0.1, 0.15) is 11.3 Å². The van der Waals surface area contributed by atoms with Crippen molar-refractivity contribution in [3.8, 4) is 11.1 Å². The molecule has 0 saturated carbocycles. The molecule has 1 aliphatic rings. The van der Waals surface area contributed by atoms with Gasteiger partial charge in [0.25, 0.3) is 0 Å². The van der Waals surface area contributed by atoms with Gasteiger partial charge < -0.3 is 9.32 Å². The Morgan fingerprint density at radius 3 is 1.28 bits per heavy atom. The van der Waals surface area contributed by atoms with E-state index in [-0.39, 0.29) is 38.4 Å². The Balaban J connectivity index is 1.40.